The van der Waals surface area contributed by atoms with E-state index in [1.165, 1.54) is 10.4 Å². The van der Waals surface area contributed by atoms with Gasteiger partial charge in [-0.1, -0.05) is 65.0 Å². The minimum absolute atomic E-state index is 0. The molecule has 2 aromatic carbocycles. The fraction of sp³-hybridized carbons (Fsp3) is 0.550. The van der Waals surface area contributed by atoms with Crippen molar-refractivity contribution in [2.75, 3.05) is 19.8 Å². The Hall–Kier alpha value is -2.31. The van der Waals surface area contributed by atoms with Crippen LogP contribution in [0, 0.1) is 25.1 Å². The number of carbonyl (C=O) groups excluding carboxylic acids is 3. The number of nitrogens with two attached hydrogens (primary N) is 4. The van der Waals surface area contributed by atoms with Crippen molar-refractivity contribution >= 4 is 29.1 Å². The Morgan fingerprint density at radius 3 is 2.22 bits per heavy atom. The van der Waals surface area contributed by atoms with E-state index >= 15 is 0 Å². The van der Waals surface area contributed by atoms with Gasteiger partial charge in [-0.3, -0.25) is 14.4 Å². The van der Waals surface area contributed by atoms with E-state index < -0.39 is 29.8 Å². The van der Waals surface area contributed by atoms with E-state index in [0.29, 0.717) is 50.8 Å². The van der Waals surface area contributed by atoms with Crippen molar-refractivity contribution < 1.29 is 85.1 Å². The predicted octanol–water partition coefficient (Wildman–Crippen LogP) is 1.27. The number of primary amides is 2. The molecule has 4 rings (SSSR count). The Labute approximate surface area is 373 Å². The Kier molecular flexibility index (Phi) is 26.2. The number of aromatic nitrogens is 1. The van der Waals surface area contributed by atoms with Crippen LogP contribution in [0.15, 0.2) is 41.9 Å². The number of β-amino-alcohol motifs (C(OH)–C–C–N with tert-alkyl or cyclic N) is 1. The summed E-state index contributed by atoms with van der Waals surface area (Å²) in [7, 11) is 0. The monoisotopic (exact) mass is 812 g/mol. The largest absolute Gasteiger partial charge is 1.00 e. The molecule has 9 N–H and O–H groups in total. The van der Waals surface area contributed by atoms with Gasteiger partial charge in [-0.25, -0.2) is 9.37 Å². The molecule has 15 heteroatoms. The summed E-state index contributed by atoms with van der Waals surface area (Å²) in [4.78, 5) is 40.3. The zero-order valence-electron chi connectivity index (χ0n) is 34.0. The summed E-state index contributed by atoms with van der Waals surface area (Å²) in [6.45, 7) is 14.5. The van der Waals surface area contributed by atoms with Gasteiger partial charge in [0.05, 0.1) is 22.2 Å². The third kappa shape index (κ3) is 20.6. The van der Waals surface area contributed by atoms with Gasteiger partial charge < -0.3 is 42.8 Å². The summed E-state index contributed by atoms with van der Waals surface area (Å²) in [5.74, 6) is -1.19. The van der Waals surface area contributed by atoms with Gasteiger partial charge in [0, 0.05) is 44.4 Å². The van der Waals surface area contributed by atoms with E-state index in [2.05, 4.69) is 29.2 Å². The Morgan fingerprint density at radius 1 is 1.09 bits per heavy atom. The van der Waals surface area contributed by atoms with E-state index in [4.69, 9.17) is 27.7 Å². The first-order valence-corrected chi connectivity index (χ1v) is 19.3. The van der Waals surface area contributed by atoms with Gasteiger partial charge in [0.2, 0.25) is 17.7 Å². The Balaban J connectivity index is 0.000000798. The van der Waals surface area contributed by atoms with Gasteiger partial charge in [0.25, 0.3) is 0 Å². The van der Waals surface area contributed by atoms with Crippen molar-refractivity contribution in [1.29, 1.82) is 0 Å². The van der Waals surface area contributed by atoms with Crippen molar-refractivity contribution in [2.45, 2.75) is 118 Å². The first-order chi connectivity index (χ1) is 25.4. The van der Waals surface area contributed by atoms with Crippen LogP contribution in [0.25, 0.3) is 10.4 Å². The molecule has 2 unspecified atom stereocenters. The van der Waals surface area contributed by atoms with Crippen LogP contribution in [0.2, 0.25) is 0 Å². The molecule has 0 radical (unpaired) electrons. The van der Waals surface area contributed by atoms with Crippen LogP contribution in [0.1, 0.15) is 95.5 Å². The van der Waals surface area contributed by atoms with Crippen LogP contribution in [0.4, 0.5) is 4.39 Å². The third-order valence-electron chi connectivity index (χ3n) is 8.13. The molecule has 12 nitrogen and oxygen atoms in total. The first-order valence-electron chi connectivity index (χ1n) is 18.4. The van der Waals surface area contributed by atoms with Gasteiger partial charge in [0.1, 0.15) is 6.61 Å². The van der Waals surface area contributed by atoms with Crippen molar-refractivity contribution in [3.63, 3.8) is 0 Å². The number of rotatable bonds is 14. The predicted molar refractivity (Wildman–Crippen MR) is 212 cm³/mol. The molecule has 1 aliphatic heterocycles. The molecule has 3 aromatic rings. The van der Waals surface area contributed by atoms with E-state index in [-0.39, 0.29) is 101 Å². The first kappa shape index (κ1) is 52.7. The quantitative estimate of drug-likeness (QED) is 0.148. The second-order valence-corrected chi connectivity index (χ2v) is 15.1. The number of amides is 3. The van der Waals surface area contributed by atoms with Crippen LogP contribution in [0.5, 0.6) is 5.75 Å². The number of halogens is 1. The molecule has 0 bridgehead atoms. The Morgan fingerprint density at radius 2 is 1.71 bits per heavy atom. The number of thiazole rings is 1. The fourth-order valence-corrected chi connectivity index (χ4v) is 6.25. The number of hydrogen-bond acceptors (Lipinski definition) is 10. The van der Waals surface area contributed by atoms with Gasteiger partial charge in [-0.2, -0.15) is 0 Å². The standard InChI is InChI=1S/C16H24FN3O3.C11H12N2S.C11H20NO3.C2H6.K/c1-10-7-11(3-2-4-14(19)21)16(17)13(8-10)23-9-12(18)5-6-15(20)22;1-8-11(14-7-13-8)10-4-2-9(6-12)3-5-10;1-11(2,3)5-10(15)12-6-9(14)4-8(12)7-13;1-2;/h7-8,12H,2-6,9,18H2,1H3,(H2,19,21)(H2,20,22);2-5,7H,6,12H2,1H3;8-9,14H,4-7H2,1-3H3;1-2H3;/q;;-1;;+1/t;;8-,9?;;/m..0../s1. The van der Waals surface area contributed by atoms with Crippen LogP contribution in [0.3, 0.4) is 0 Å². The van der Waals surface area contributed by atoms with Crippen molar-refractivity contribution in [1.82, 2.24) is 9.88 Å². The van der Waals surface area contributed by atoms with Crippen LogP contribution in [-0.2, 0) is 27.3 Å². The molecule has 2 heterocycles. The molecule has 1 saturated heterocycles. The molecule has 55 heavy (non-hydrogen) atoms. The molecule has 0 saturated carbocycles. The van der Waals surface area contributed by atoms with Gasteiger partial charge in [-0.05, 0) is 73.3 Å². The van der Waals surface area contributed by atoms with E-state index in [1.54, 1.807) is 28.4 Å². The van der Waals surface area contributed by atoms with Gasteiger partial charge >= 0.3 is 51.4 Å². The normalized spacial score (nSPS) is 15.2. The third-order valence-corrected chi connectivity index (χ3v) is 9.10. The number of hydrogen-bond donors (Lipinski definition) is 5. The number of carbonyl (C=O) groups is 3. The zero-order valence-corrected chi connectivity index (χ0v) is 38.0. The molecule has 0 aliphatic carbocycles. The molecular formula is C40H62FKN6O6S. The Bertz CT molecular complexity index is 1590. The number of benzene rings is 2. The number of likely N-dealkylation sites (tertiary alicyclic amines) is 1. The minimum atomic E-state index is -0.520. The SMILES string of the molecule is CC.CC(C)(C)CC(=O)N1CC(O)C[C@H]1C[O-].Cc1cc(CCCC(N)=O)c(F)c(OCC(N)CCC(N)=O)c1.Cc1ncsc1-c1ccc(CN)cc1.[K+]. The van der Waals surface area contributed by atoms with Crippen LogP contribution >= 0.6 is 11.3 Å². The number of nitrogens with zero attached hydrogens (tertiary/aromatic N) is 2. The topological polar surface area (TPSA) is 224 Å². The summed E-state index contributed by atoms with van der Waals surface area (Å²) >= 11 is 1.67. The smallest absolute Gasteiger partial charge is 0.853 e. The average Bonchev–Trinajstić information content (AvgIpc) is 3.73. The molecule has 1 fully saturated rings. The van der Waals surface area contributed by atoms with Crippen molar-refractivity contribution in [3.05, 3.63) is 70.1 Å². The number of aliphatic hydroxyl groups is 1. The van der Waals surface area contributed by atoms with Crippen molar-refractivity contribution in [3.8, 4) is 16.2 Å². The molecule has 3 amide bonds. The summed E-state index contributed by atoms with van der Waals surface area (Å²) in [5.41, 5.74) is 28.1. The molecule has 1 aliphatic rings. The van der Waals surface area contributed by atoms with E-state index in [1.807, 2.05) is 54.0 Å². The molecular weight excluding hydrogens is 751 g/mol. The zero-order chi connectivity index (χ0) is 41.0. The molecule has 302 valence electrons. The van der Waals surface area contributed by atoms with Gasteiger partial charge in [0.15, 0.2) is 11.6 Å². The van der Waals surface area contributed by atoms with Crippen molar-refractivity contribution in [2.24, 2.45) is 28.3 Å². The van der Waals surface area contributed by atoms with Crippen LogP contribution in [-0.4, -0.2) is 70.7 Å². The summed E-state index contributed by atoms with van der Waals surface area (Å²) in [6.07, 6.45) is 1.98. The second-order valence-electron chi connectivity index (χ2n) is 14.3. The summed E-state index contributed by atoms with van der Waals surface area (Å²) in [5, 5.41) is 20.3. The number of ether oxygens (including phenoxy) is 1. The maximum atomic E-state index is 14.4. The maximum absolute atomic E-state index is 14.4. The number of aliphatic hydroxyl groups excluding tert-OH is 1. The van der Waals surface area contributed by atoms with Gasteiger partial charge in [-0.15, -0.1) is 17.9 Å². The summed E-state index contributed by atoms with van der Waals surface area (Å²) < 4.78 is 19.8. The average molecular weight is 813 g/mol. The number of aryl methyl sites for hydroxylation is 3. The van der Waals surface area contributed by atoms with Crippen LogP contribution < -0.4 is 84.2 Å². The van der Waals surface area contributed by atoms with E-state index in [0.717, 1.165) is 16.8 Å². The second kappa shape index (κ2) is 27.3. The summed E-state index contributed by atoms with van der Waals surface area (Å²) in [6, 6.07) is 10.9. The maximum Gasteiger partial charge on any atom is 1.00 e. The molecule has 1 aromatic heterocycles. The molecule has 0 spiro atoms. The fourth-order valence-electron chi connectivity index (χ4n) is 5.44. The van der Waals surface area contributed by atoms with E-state index in [9.17, 15) is 29.0 Å². The molecule has 3 atom stereocenters. The minimum Gasteiger partial charge on any atom is -0.853 e.